The van der Waals surface area contributed by atoms with Gasteiger partial charge in [0.05, 0.1) is 11.8 Å². The van der Waals surface area contributed by atoms with Gasteiger partial charge in [-0.25, -0.2) is 4.98 Å². The third-order valence-electron chi connectivity index (χ3n) is 4.87. The van der Waals surface area contributed by atoms with Crippen molar-refractivity contribution in [3.63, 3.8) is 0 Å². The number of hydrogen-bond acceptors (Lipinski definition) is 8. The topological polar surface area (TPSA) is 71.7 Å². The molecule has 1 fully saturated rings. The number of nitrogens with zero attached hydrogens (tertiary/aromatic N) is 7. The lowest BCUT2D eigenvalue weighted by molar-refractivity contribution is 0.419. The number of piperazine rings is 1. The van der Waals surface area contributed by atoms with E-state index in [-0.39, 0.29) is 0 Å². The molecular formula is C18H19N7OS. The standard InChI is InChI=1S/C18H19N7OS/c1-12-20-21-15-6-7-16(22-25(12)15)23-8-10-24(11-9-23)18-19-17-13(26-2)4-3-5-14(17)27-18/h3-7H,8-11H2,1-2H3. The minimum Gasteiger partial charge on any atom is -0.494 e. The molecule has 138 valence electrons. The quantitative estimate of drug-likeness (QED) is 0.539. The van der Waals surface area contributed by atoms with Crippen molar-refractivity contribution in [1.82, 2.24) is 24.8 Å². The molecule has 0 amide bonds. The summed E-state index contributed by atoms with van der Waals surface area (Å²) in [5, 5.41) is 13.9. The summed E-state index contributed by atoms with van der Waals surface area (Å²) in [7, 11) is 1.69. The molecule has 0 atom stereocenters. The fraction of sp³-hybridized carbons (Fsp3) is 0.333. The maximum Gasteiger partial charge on any atom is 0.186 e. The average molecular weight is 381 g/mol. The average Bonchev–Trinajstić information content (AvgIpc) is 3.31. The van der Waals surface area contributed by atoms with Crippen molar-refractivity contribution in [2.24, 2.45) is 0 Å². The Morgan fingerprint density at radius 2 is 1.81 bits per heavy atom. The van der Waals surface area contributed by atoms with Crippen molar-refractivity contribution in [2.75, 3.05) is 43.1 Å². The van der Waals surface area contributed by atoms with Crippen LogP contribution in [0.15, 0.2) is 30.3 Å². The van der Waals surface area contributed by atoms with Crippen molar-refractivity contribution in [3.05, 3.63) is 36.2 Å². The molecule has 9 heteroatoms. The summed E-state index contributed by atoms with van der Waals surface area (Å²) >= 11 is 1.72. The first-order valence-corrected chi connectivity index (χ1v) is 9.67. The van der Waals surface area contributed by atoms with Gasteiger partial charge in [-0.15, -0.1) is 15.3 Å². The number of aromatic nitrogens is 5. The molecule has 0 unspecified atom stereocenters. The third kappa shape index (κ3) is 2.74. The summed E-state index contributed by atoms with van der Waals surface area (Å²) in [5.74, 6) is 2.58. The minimum atomic E-state index is 0.776. The molecule has 4 heterocycles. The number of rotatable bonds is 3. The van der Waals surface area contributed by atoms with Crippen LogP contribution in [0.25, 0.3) is 15.9 Å². The van der Waals surface area contributed by atoms with Crippen molar-refractivity contribution in [3.8, 4) is 5.75 Å². The number of ether oxygens (including phenoxy) is 1. The van der Waals surface area contributed by atoms with Gasteiger partial charge in [-0.2, -0.15) is 4.52 Å². The van der Waals surface area contributed by atoms with Crippen LogP contribution >= 0.6 is 11.3 Å². The van der Waals surface area contributed by atoms with Gasteiger partial charge in [-0.05, 0) is 31.2 Å². The zero-order valence-corrected chi connectivity index (χ0v) is 16.0. The van der Waals surface area contributed by atoms with Gasteiger partial charge in [0, 0.05) is 26.2 Å². The highest BCUT2D eigenvalue weighted by molar-refractivity contribution is 7.22. The number of benzene rings is 1. The first-order chi connectivity index (χ1) is 13.2. The van der Waals surface area contributed by atoms with E-state index in [2.05, 4.69) is 31.2 Å². The molecule has 1 aliphatic rings. The van der Waals surface area contributed by atoms with Crippen LogP contribution in [0.4, 0.5) is 10.9 Å². The van der Waals surface area contributed by atoms with Crippen molar-refractivity contribution >= 4 is 38.2 Å². The highest BCUT2D eigenvalue weighted by Gasteiger charge is 2.22. The maximum absolute atomic E-state index is 5.44. The molecule has 1 aromatic carbocycles. The van der Waals surface area contributed by atoms with Crippen LogP contribution < -0.4 is 14.5 Å². The first kappa shape index (κ1) is 16.2. The predicted octanol–water partition coefficient (Wildman–Crippen LogP) is 2.38. The summed E-state index contributed by atoms with van der Waals surface area (Å²) in [6, 6.07) is 10.0. The predicted molar refractivity (Wildman–Crippen MR) is 106 cm³/mol. The van der Waals surface area contributed by atoms with Crippen LogP contribution in [0.5, 0.6) is 5.75 Å². The van der Waals surface area contributed by atoms with Gasteiger partial charge in [-0.3, -0.25) is 0 Å². The van der Waals surface area contributed by atoms with Crippen LogP contribution in [0.3, 0.4) is 0 Å². The lowest BCUT2D eigenvalue weighted by Gasteiger charge is -2.35. The zero-order valence-electron chi connectivity index (χ0n) is 15.2. The molecule has 1 saturated heterocycles. The molecule has 5 rings (SSSR count). The normalized spacial score (nSPS) is 15.0. The van der Waals surface area contributed by atoms with E-state index >= 15 is 0 Å². The number of aryl methyl sites for hydroxylation is 1. The molecule has 0 radical (unpaired) electrons. The monoisotopic (exact) mass is 381 g/mol. The molecule has 0 saturated carbocycles. The smallest absolute Gasteiger partial charge is 0.186 e. The summed E-state index contributed by atoms with van der Waals surface area (Å²) < 4.78 is 8.39. The van der Waals surface area contributed by atoms with Crippen LogP contribution in [-0.2, 0) is 0 Å². The Morgan fingerprint density at radius 3 is 2.63 bits per heavy atom. The molecular weight excluding hydrogens is 362 g/mol. The fourth-order valence-electron chi connectivity index (χ4n) is 3.39. The number of para-hydroxylation sites is 1. The summed E-state index contributed by atoms with van der Waals surface area (Å²) in [5.41, 5.74) is 1.72. The minimum absolute atomic E-state index is 0.776. The van der Waals surface area contributed by atoms with E-state index < -0.39 is 0 Å². The fourth-order valence-corrected chi connectivity index (χ4v) is 4.43. The first-order valence-electron chi connectivity index (χ1n) is 8.85. The lowest BCUT2D eigenvalue weighted by Crippen LogP contribution is -2.46. The van der Waals surface area contributed by atoms with E-state index in [9.17, 15) is 0 Å². The number of thiazole rings is 1. The van der Waals surface area contributed by atoms with E-state index in [1.807, 2.05) is 31.2 Å². The zero-order chi connectivity index (χ0) is 18.4. The Bertz CT molecular complexity index is 1110. The molecule has 3 aromatic heterocycles. The van der Waals surface area contributed by atoms with E-state index in [0.29, 0.717) is 0 Å². The second-order valence-electron chi connectivity index (χ2n) is 6.49. The number of fused-ring (bicyclic) bond motifs is 2. The highest BCUT2D eigenvalue weighted by Crippen LogP contribution is 2.34. The number of anilines is 2. The second-order valence-corrected chi connectivity index (χ2v) is 7.50. The molecule has 0 N–H and O–H groups in total. The van der Waals surface area contributed by atoms with Gasteiger partial charge in [-0.1, -0.05) is 17.4 Å². The van der Waals surface area contributed by atoms with Crippen LogP contribution in [-0.4, -0.2) is 58.1 Å². The van der Waals surface area contributed by atoms with E-state index in [4.69, 9.17) is 9.72 Å². The van der Waals surface area contributed by atoms with E-state index in [0.717, 1.165) is 64.6 Å². The highest BCUT2D eigenvalue weighted by atomic mass is 32.1. The Labute approximate surface area is 160 Å². The number of methoxy groups -OCH3 is 1. The molecule has 27 heavy (non-hydrogen) atoms. The SMILES string of the molecule is COc1cccc2sc(N3CCN(c4ccc5nnc(C)n5n4)CC3)nc12. The van der Waals surface area contributed by atoms with Crippen molar-refractivity contribution < 1.29 is 4.74 Å². The van der Waals surface area contributed by atoms with Crippen LogP contribution in [0.1, 0.15) is 5.82 Å². The molecule has 0 aliphatic carbocycles. The van der Waals surface area contributed by atoms with E-state index in [1.54, 1.807) is 23.0 Å². The van der Waals surface area contributed by atoms with Gasteiger partial charge in [0.15, 0.2) is 16.6 Å². The third-order valence-corrected chi connectivity index (χ3v) is 5.95. The van der Waals surface area contributed by atoms with Gasteiger partial charge >= 0.3 is 0 Å². The van der Waals surface area contributed by atoms with Gasteiger partial charge < -0.3 is 14.5 Å². The summed E-state index contributed by atoms with van der Waals surface area (Å²) in [6.07, 6.45) is 0. The van der Waals surface area contributed by atoms with Gasteiger partial charge in [0.25, 0.3) is 0 Å². The molecule has 1 aliphatic heterocycles. The van der Waals surface area contributed by atoms with Crippen LogP contribution in [0.2, 0.25) is 0 Å². The Morgan fingerprint density at radius 1 is 1.00 bits per heavy atom. The maximum atomic E-state index is 5.44. The summed E-state index contributed by atoms with van der Waals surface area (Å²) in [4.78, 5) is 9.45. The molecule has 4 aromatic rings. The summed E-state index contributed by atoms with van der Waals surface area (Å²) in [6.45, 7) is 5.52. The van der Waals surface area contributed by atoms with Crippen molar-refractivity contribution in [2.45, 2.75) is 6.92 Å². The Kier molecular flexibility index (Phi) is 3.82. The number of hydrogen-bond donors (Lipinski definition) is 0. The van der Waals surface area contributed by atoms with E-state index in [1.165, 1.54) is 0 Å². The van der Waals surface area contributed by atoms with Gasteiger partial charge in [0.1, 0.15) is 17.1 Å². The van der Waals surface area contributed by atoms with Crippen LogP contribution in [0, 0.1) is 6.92 Å². The largest absolute Gasteiger partial charge is 0.494 e. The molecule has 0 bridgehead atoms. The Hall–Kier alpha value is -2.94. The molecule has 8 nitrogen and oxygen atoms in total. The van der Waals surface area contributed by atoms with Crippen molar-refractivity contribution in [1.29, 1.82) is 0 Å². The second kappa shape index (κ2) is 6.34. The Balaban J connectivity index is 1.35. The molecule has 0 spiro atoms. The lowest BCUT2D eigenvalue weighted by atomic mass is 10.3. The van der Waals surface area contributed by atoms with Gasteiger partial charge in [0.2, 0.25) is 0 Å².